The van der Waals surface area contributed by atoms with E-state index in [4.69, 9.17) is 9.53 Å². The molecule has 1 aromatic heterocycles. The van der Waals surface area contributed by atoms with Gasteiger partial charge in [0.05, 0.1) is 0 Å². The largest absolute Gasteiger partial charge is 0.491 e. The molecule has 3 unspecified atom stereocenters. The molecule has 4 rings (SSSR count). The van der Waals surface area contributed by atoms with Crippen molar-refractivity contribution in [3.8, 4) is 5.75 Å². The van der Waals surface area contributed by atoms with Gasteiger partial charge in [0.25, 0.3) is 0 Å². The van der Waals surface area contributed by atoms with Crippen molar-refractivity contribution in [2.45, 2.75) is 104 Å². The quantitative estimate of drug-likeness (QED) is 0.0626. The Hall–Kier alpha value is -2.25. The zero-order valence-corrected chi connectivity index (χ0v) is 29.6. The fourth-order valence-corrected chi connectivity index (χ4v) is 5.68. The van der Waals surface area contributed by atoms with Crippen molar-refractivity contribution in [1.82, 2.24) is 9.71 Å². The number of aliphatic hydroxyl groups excluding tert-OH is 1. The van der Waals surface area contributed by atoms with E-state index in [-0.39, 0.29) is 5.92 Å². The van der Waals surface area contributed by atoms with Gasteiger partial charge in [-0.1, -0.05) is 89.1 Å². The Labute approximate surface area is 276 Å². The number of aromatic amines is 1. The first-order valence-electron chi connectivity index (χ1n) is 16.3. The van der Waals surface area contributed by atoms with E-state index < -0.39 is 6.10 Å². The summed E-state index contributed by atoms with van der Waals surface area (Å²) in [5.74, 6) is 1.76. The van der Waals surface area contributed by atoms with Gasteiger partial charge in [-0.15, -0.1) is 11.6 Å². The lowest BCUT2D eigenvalue weighted by atomic mass is 9.90. The fourth-order valence-electron chi connectivity index (χ4n) is 4.78. The minimum Gasteiger partial charge on any atom is -0.491 e. The van der Waals surface area contributed by atoms with Gasteiger partial charge in [0.2, 0.25) is 0 Å². The van der Waals surface area contributed by atoms with Crippen LogP contribution in [-0.4, -0.2) is 47.3 Å². The molecule has 0 spiro atoms. The molecule has 1 saturated carbocycles. The lowest BCUT2D eigenvalue weighted by molar-refractivity contribution is -0.106. The molecule has 0 amide bonds. The van der Waals surface area contributed by atoms with Crippen LogP contribution in [-0.2, 0) is 11.2 Å². The molecule has 1 aliphatic rings. The Kier molecular flexibility index (Phi) is 21.7. The lowest BCUT2D eigenvalue weighted by Gasteiger charge is -2.17. The molecule has 1 fully saturated rings. The summed E-state index contributed by atoms with van der Waals surface area (Å²) in [6.45, 7) is 13.2. The minimum absolute atomic E-state index is 0.258. The van der Waals surface area contributed by atoms with E-state index in [1.54, 1.807) is 11.9 Å². The van der Waals surface area contributed by atoms with Gasteiger partial charge in [0, 0.05) is 40.7 Å². The average Bonchev–Trinajstić information content (AvgIpc) is 3.81. The maximum absolute atomic E-state index is 10.2. The Morgan fingerprint density at radius 2 is 1.73 bits per heavy atom. The highest BCUT2D eigenvalue weighted by molar-refractivity contribution is 7.98. The maximum atomic E-state index is 10.2. The third-order valence-corrected chi connectivity index (χ3v) is 8.45. The summed E-state index contributed by atoms with van der Waals surface area (Å²) >= 11 is 6.38. The van der Waals surface area contributed by atoms with Crippen molar-refractivity contribution in [2.75, 3.05) is 19.5 Å². The van der Waals surface area contributed by atoms with E-state index >= 15 is 0 Å². The van der Waals surface area contributed by atoms with Crippen LogP contribution in [0.1, 0.15) is 103 Å². The predicted octanol–water partition coefficient (Wildman–Crippen LogP) is 9.86. The van der Waals surface area contributed by atoms with Crippen LogP contribution < -0.4 is 9.46 Å². The number of carbonyl (C=O) groups is 1. The van der Waals surface area contributed by atoms with Crippen molar-refractivity contribution < 1.29 is 14.6 Å². The van der Waals surface area contributed by atoms with Crippen LogP contribution in [0.4, 0.5) is 0 Å². The summed E-state index contributed by atoms with van der Waals surface area (Å²) in [5, 5.41) is 12.3. The number of alkyl halides is 1. The second-order valence-corrected chi connectivity index (χ2v) is 12.0. The van der Waals surface area contributed by atoms with Crippen LogP contribution in [0.3, 0.4) is 0 Å². The summed E-state index contributed by atoms with van der Waals surface area (Å²) in [6.07, 6.45) is 14.7. The average molecular weight is 645 g/mol. The summed E-state index contributed by atoms with van der Waals surface area (Å²) in [5.41, 5.74) is 5.27. The van der Waals surface area contributed by atoms with Gasteiger partial charge in [-0.05, 0) is 87.1 Å². The number of ether oxygens (including phenoxy) is 1. The number of para-hydroxylation sites is 1. The number of aliphatic hydroxyl groups is 1. The Morgan fingerprint density at radius 1 is 1.07 bits per heavy atom. The van der Waals surface area contributed by atoms with Gasteiger partial charge in [0.15, 0.2) is 0 Å². The zero-order valence-electron chi connectivity index (χ0n) is 28.1. The van der Waals surface area contributed by atoms with Gasteiger partial charge < -0.3 is 19.6 Å². The van der Waals surface area contributed by atoms with Crippen molar-refractivity contribution >= 4 is 40.7 Å². The van der Waals surface area contributed by atoms with Gasteiger partial charge in [0.1, 0.15) is 24.7 Å². The van der Waals surface area contributed by atoms with Crippen LogP contribution in [0.2, 0.25) is 0 Å². The topological polar surface area (TPSA) is 74.3 Å². The maximum Gasteiger partial charge on any atom is 0.119 e. The summed E-state index contributed by atoms with van der Waals surface area (Å²) in [7, 11) is 0. The van der Waals surface area contributed by atoms with Crippen molar-refractivity contribution in [3.63, 3.8) is 0 Å². The Morgan fingerprint density at radius 3 is 2.36 bits per heavy atom. The predicted molar refractivity (Wildman–Crippen MR) is 193 cm³/mol. The van der Waals surface area contributed by atoms with Crippen LogP contribution in [0.15, 0.2) is 60.7 Å². The molecule has 2 aromatic carbocycles. The molecule has 7 heteroatoms. The van der Waals surface area contributed by atoms with E-state index in [1.165, 1.54) is 73.1 Å². The summed E-state index contributed by atoms with van der Waals surface area (Å²) in [6, 6.07) is 17.1. The smallest absolute Gasteiger partial charge is 0.119 e. The lowest BCUT2D eigenvalue weighted by Crippen LogP contribution is -2.28. The molecule has 5 nitrogen and oxygen atoms in total. The number of carbonyl (C=O) groups excluding carboxylic acids is 1. The second kappa shape index (κ2) is 24.0. The van der Waals surface area contributed by atoms with Crippen LogP contribution in [0.5, 0.6) is 5.75 Å². The molecule has 44 heavy (non-hydrogen) atoms. The first-order valence-corrected chi connectivity index (χ1v) is 17.9. The highest BCUT2D eigenvalue weighted by atomic mass is 35.5. The molecule has 0 radical (unpaired) electrons. The summed E-state index contributed by atoms with van der Waals surface area (Å²) < 4.78 is 9.11. The molecule has 246 valence electrons. The SMILES string of the molecule is CC.CC/C=C\CCC(C)CCc1c(C(C)c2ccc(OCC(O)CNSC3CC3)cc2)[nH]c2ccccc12.CC=O.CCl. The molecule has 3 atom stereocenters. The second-order valence-electron chi connectivity index (χ2n) is 10.8. The van der Waals surface area contributed by atoms with Crippen molar-refractivity contribution in [2.24, 2.45) is 5.92 Å². The van der Waals surface area contributed by atoms with E-state index in [0.717, 1.165) is 30.1 Å². The molecular weight excluding hydrogens is 588 g/mol. The number of hydrogen-bond acceptors (Lipinski definition) is 5. The monoisotopic (exact) mass is 644 g/mol. The molecule has 3 N–H and O–H groups in total. The van der Waals surface area contributed by atoms with Crippen LogP contribution in [0, 0.1) is 5.92 Å². The minimum atomic E-state index is -0.510. The number of nitrogens with one attached hydrogen (secondary N) is 2. The van der Waals surface area contributed by atoms with Crippen LogP contribution in [0.25, 0.3) is 10.9 Å². The van der Waals surface area contributed by atoms with Gasteiger partial charge in [-0.25, -0.2) is 0 Å². The van der Waals surface area contributed by atoms with E-state index in [9.17, 15) is 5.11 Å². The van der Waals surface area contributed by atoms with Gasteiger partial charge in [-0.2, -0.15) is 0 Å². The van der Waals surface area contributed by atoms with Crippen molar-refractivity contribution in [1.29, 1.82) is 0 Å². The first kappa shape index (κ1) is 39.8. The number of benzene rings is 2. The van der Waals surface area contributed by atoms with E-state index in [2.05, 4.69) is 90.6 Å². The number of hydrogen-bond donors (Lipinski definition) is 3. The first-order chi connectivity index (χ1) is 21.5. The molecule has 0 bridgehead atoms. The molecular formula is C37H57ClN2O3S. The number of aryl methyl sites for hydroxylation is 1. The number of halogens is 1. The molecule has 0 saturated heterocycles. The number of aldehydes is 1. The zero-order chi connectivity index (χ0) is 32.7. The van der Waals surface area contributed by atoms with E-state index in [1.807, 2.05) is 26.0 Å². The number of H-pyrrole nitrogens is 1. The highest BCUT2D eigenvalue weighted by Gasteiger charge is 2.22. The fraction of sp³-hybridized carbons (Fsp3) is 0.541. The molecule has 1 heterocycles. The normalized spacial score (nSPS) is 14.3. The van der Waals surface area contributed by atoms with Gasteiger partial charge in [-0.3, -0.25) is 4.72 Å². The number of aromatic nitrogens is 1. The number of rotatable bonds is 16. The molecule has 3 aromatic rings. The third-order valence-electron chi connectivity index (χ3n) is 7.31. The Bertz CT molecular complexity index is 1180. The van der Waals surface area contributed by atoms with E-state index in [0.29, 0.717) is 19.1 Å². The molecule has 1 aliphatic carbocycles. The van der Waals surface area contributed by atoms with Gasteiger partial charge >= 0.3 is 0 Å². The standard InChI is InChI=1S/C32H44N2O2S.C2H4O.C2H6.CH3Cl/c1-4-5-6-7-10-23(2)13-20-30-29-11-8-9-12-31(29)34-32(30)24(3)25-14-16-27(17-15-25)36-22-26(35)21-33-37-28-18-19-28;1-2-3;2*1-2/h5-6,8-9,11-12,14-17,23-24,26,28,33-35H,4,7,10,13,18-22H2,1-3H3;2H,1H3;1-2H3;1H3/b6-5-;;;. The third kappa shape index (κ3) is 14.7. The van der Waals surface area contributed by atoms with Crippen molar-refractivity contribution in [3.05, 3.63) is 77.5 Å². The number of fused-ring (bicyclic) bond motifs is 1. The summed E-state index contributed by atoms with van der Waals surface area (Å²) in [4.78, 5) is 12.6. The highest BCUT2D eigenvalue weighted by Crippen LogP contribution is 2.34. The van der Waals surface area contributed by atoms with Crippen LogP contribution >= 0.6 is 23.5 Å². The molecule has 0 aliphatic heterocycles. The Balaban J connectivity index is 0.00000128. The number of allylic oxidation sites excluding steroid dienone is 2.